The molecular weight excluding hydrogens is 302 g/mol. The van der Waals surface area contributed by atoms with Crippen molar-refractivity contribution >= 4 is 17.5 Å². The number of benzene rings is 1. The van der Waals surface area contributed by atoms with Gasteiger partial charge in [0.2, 0.25) is 5.91 Å². The molecule has 0 spiro atoms. The molecule has 0 saturated carbocycles. The van der Waals surface area contributed by atoms with Crippen molar-refractivity contribution < 1.29 is 9.53 Å². The standard InChI is InChI=1S/C16H24ClN3O2/c1-13-11-18-7-8-20(13)12-16(21)19(2)9-10-22-15-5-3-14(17)4-6-15/h3-6,13,18H,7-12H2,1-2H3/t13-/m0/s1. The molecule has 1 heterocycles. The Morgan fingerprint density at radius 3 is 2.86 bits per heavy atom. The largest absolute Gasteiger partial charge is 0.492 e. The summed E-state index contributed by atoms with van der Waals surface area (Å²) in [5, 5.41) is 4.01. The number of hydrogen-bond donors (Lipinski definition) is 1. The minimum Gasteiger partial charge on any atom is -0.492 e. The van der Waals surface area contributed by atoms with Crippen molar-refractivity contribution in [1.29, 1.82) is 0 Å². The van der Waals surface area contributed by atoms with Crippen LogP contribution in [0.2, 0.25) is 5.02 Å². The van der Waals surface area contributed by atoms with E-state index in [-0.39, 0.29) is 5.91 Å². The molecule has 0 unspecified atom stereocenters. The first-order valence-corrected chi connectivity index (χ1v) is 8.01. The molecule has 1 aliphatic heterocycles. The minimum absolute atomic E-state index is 0.133. The number of ether oxygens (including phenoxy) is 1. The van der Waals surface area contributed by atoms with Crippen molar-refractivity contribution in [1.82, 2.24) is 15.1 Å². The van der Waals surface area contributed by atoms with Gasteiger partial charge in [-0.15, -0.1) is 0 Å². The third kappa shape index (κ3) is 5.16. The number of hydrogen-bond acceptors (Lipinski definition) is 4. The smallest absolute Gasteiger partial charge is 0.236 e. The SMILES string of the molecule is C[C@H]1CNCCN1CC(=O)N(C)CCOc1ccc(Cl)cc1. The van der Waals surface area contributed by atoms with Crippen molar-refractivity contribution in [3.05, 3.63) is 29.3 Å². The number of carbonyl (C=O) groups excluding carboxylic acids is 1. The number of amides is 1. The second-order valence-corrected chi connectivity index (χ2v) is 6.08. The van der Waals surface area contributed by atoms with Crippen LogP contribution >= 0.6 is 11.6 Å². The molecular formula is C16H24ClN3O2. The number of carbonyl (C=O) groups is 1. The van der Waals surface area contributed by atoms with Crippen LogP contribution < -0.4 is 10.1 Å². The van der Waals surface area contributed by atoms with Gasteiger partial charge in [0.1, 0.15) is 12.4 Å². The highest BCUT2D eigenvalue weighted by Gasteiger charge is 2.21. The Bertz CT molecular complexity index is 481. The van der Waals surface area contributed by atoms with Crippen LogP contribution in [0.5, 0.6) is 5.75 Å². The second kappa shape index (κ2) is 8.36. The van der Waals surface area contributed by atoms with E-state index >= 15 is 0 Å². The highest BCUT2D eigenvalue weighted by atomic mass is 35.5. The molecule has 0 aromatic heterocycles. The molecule has 1 aromatic rings. The van der Waals surface area contributed by atoms with E-state index in [0.717, 1.165) is 25.4 Å². The maximum atomic E-state index is 12.2. The van der Waals surface area contributed by atoms with E-state index in [1.807, 2.05) is 19.2 Å². The summed E-state index contributed by atoms with van der Waals surface area (Å²) in [7, 11) is 1.82. The Morgan fingerprint density at radius 2 is 2.18 bits per heavy atom. The van der Waals surface area contributed by atoms with Crippen molar-refractivity contribution in [3.8, 4) is 5.75 Å². The lowest BCUT2D eigenvalue weighted by atomic mass is 10.2. The van der Waals surface area contributed by atoms with E-state index in [9.17, 15) is 4.79 Å². The van der Waals surface area contributed by atoms with Crippen LogP contribution in [0.3, 0.4) is 0 Å². The van der Waals surface area contributed by atoms with Crippen LogP contribution in [0.25, 0.3) is 0 Å². The maximum absolute atomic E-state index is 12.2. The molecule has 0 radical (unpaired) electrons. The van der Waals surface area contributed by atoms with Crippen LogP contribution in [-0.4, -0.2) is 68.1 Å². The first-order chi connectivity index (χ1) is 10.6. The fourth-order valence-corrected chi connectivity index (χ4v) is 2.49. The fourth-order valence-electron chi connectivity index (χ4n) is 2.37. The van der Waals surface area contributed by atoms with Crippen LogP contribution in [0.15, 0.2) is 24.3 Å². The van der Waals surface area contributed by atoms with Crippen molar-refractivity contribution in [2.24, 2.45) is 0 Å². The van der Waals surface area contributed by atoms with E-state index in [1.54, 1.807) is 17.0 Å². The van der Waals surface area contributed by atoms with Crippen molar-refractivity contribution in [2.75, 3.05) is 46.4 Å². The molecule has 5 nitrogen and oxygen atoms in total. The van der Waals surface area contributed by atoms with Crippen LogP contribution in [0.4, 0.5) is 0 Å². The van der Waals surface area contributed by atoms with Crippen LogP contribution in [0.1, 0.15) is 6.92 Å². The van der Waals surface area contributed by atoms with Gasteiger partial charge in [-0.25, -0.2) is 0 Å². The maximum Gasteiger partial charge on any atom is 0.236 e. The monoisotopic (exact) mass is 325 g/mol. The van der Waals surface area contributed by atoms with Gasteiger partial charge in [-0.1, -0.05) is 11.6 Å². The number of likely N-dealkylation sites (N-methyl/N-ethyl adjacent to an activating group) is 1. The average molecular weight is 326 g/mol. The number of halogens is 1. The zero-order valence-electron chi connectivity index (χ0n) is 13.2. The van der Waals surface area contributed by atoms with E-state index in [1.165, 1.54) is 0 Å². The van der Waals surface area contributed by atoms with Gasteiger partial charge in [-0.05, 0) is 31.2 Å². The summed E-state index contributed by atoms with van der Waals surface area (Å²) in [6.07, 6.45) is 0. The summed E-state index contributed by atoms with van der Waals surface area (Å²) in [6.45, 7) is 6.46. The normalized spacial score (nSPS) is 19.0. The van der Waals surface area contributed by atoms with Gasteiger partial charge >= 0.3 is 0 Å². The molecule has 1 saturated heterocycles. The predicted octanol–water partition coefficient (Wildman–Crippen LogP) is 1.47. The molecule has 1 amide bonds. The first kappa shape index (κ1) is 17.1. The molecule has 1 fully saturated rings. The topological polar surface area (TPSA) is 44.8 Å². The van der Waals surface area contributed by atoms with E-state index in [0.29, 0.717) is 30.8 Å². The lowest BCUT2D eigenvalue weighted by molar-refractivity contribution is -0.132. The molecule has 122 valence electrons. The summed E-state index contributed by atoms with van der Waals surface area (Å²) < 4.78 is 5.62. The van der Waals surface area contributed by atoms with Gasteiger partial charge in [0.05, 0.1) is 13.1 Å². The van der Waals surface area contributed by atoms with Gasteiger partial charge < -0.3 is 15.0 Å². The summed E-state index contributed by atoms with van der Waals surface area (Å²) in [4.78, 5) is 16.2. The Morgan fingerprint density at radius 1 is 1.45 bits per heavy atom. The highest BCUT2D eigenvalue weighted by molar-refractivity contribution is 6.30. The molecule has 6 heteroatoms. The van der Waals surface area contributed by atoms with Gasteiger partial charge in [0, 0.05) is 37.7 Å². The van der Waals surface area contributed by atoms with Gasteiger partial charge in [0.25, 0.3) is 0 Å². The number of rotatable bonds is 6. The van der Waals surface area contributed by atoms with E-state index < -0.39 is 0 Å². The highest BCUT2D eigenvalue weighted by Crippen LogP contribution is 2.15. The number of nitrogens with zero attached hydrogens (tertiary/aromatic N) is 2. The minimum atomic E-state index is 0.133. The lowest BCUT2D eigenvalue weighted by Gasteiger charge is -2.34. The number of piperazine rings is 1. The third-order valence-electron chi connectivity index (χ3n) is 3.91. The quantitative estimate of drug-likeness (QED) is 0.860. The molecule has 2 rings (SSSR count). The first-order valence-electron chi connectivity index (χ1n) is 7.63. The zero-order chi connectivity index (χ0) is 15.9. The van der Waals surface area contributed by atoms with Gasteiger partial charge in [-0.2, -0.15) is 0 Å². The van der Waals surface area contributed by atoms with E-state index in [4.69, 9.17) is 16.3 Å². The van der Waals surface area contributed by atoms with E-state index in [2.05, 4.69) is 17.1 Å². The molecule has 1 atom stereocenters. The zero-order valence-corrected chi connectivity index (χ0v) is 14.0. The Kier molecular flexibility index (Phi) is 6.49. The molecule has 1 aliphatic rings. The summed E-state index contributed by atoms with van der Waals surface area (Å²) >= 11 is 5.82. The van der Waals surface area contributed by atoms with Crippen molar-refractivity contribution in [3.63, 3.8) is 0 Å². The fraction of sp³-hybridized carbons (Fsp3) is 0.562. The van der Waals surface area contributed by atoms with Crippen molar-refractivity contribution in [2.45, 2.75) is 13.0 Å². The average Bonchev–Trinajstić information content (AvgIpc) is 2.51. The summed E-state index contributed by atoms with van der Waals surface area (Å²) in [6, 6.07) is 7.63. The Balaban J connectivity index is 1.70. The van der Waals surface area contributed by atoms with Crippen LogP contribution in [0, 0.1) is 0 Å². The van der Waals surface area contributed by atoms with Gasteiger partial charge in [0.15, 0.2) is 0 Å². The second-order valence-electron chi connectivity index (χ2n) is 5.64. The lowest BCUT2D eigenvalue weighted by Crippen LogP contribution is -2.53. The Hall–Kier alpha value is -1.30. The molecule has 1 aromatic carbocycles. The molecule has 22 heavy (non-hydrogen) atoms. The molecule has 0 bridgehead atoms. The van der Waals surface area contributed by atoms with Gasteiger partial charge in [-0.3, -0.25) is 9.69 Å². The summed E-state index contributed by atoms with van der Waals surface area (Å²) in [5.74, 6) is 0.898. The predicted molar refractivity (Wildman–Crippen MR) is 88.5 cm³/mol. The summed E-state index contributed by atoms with van der Waals surface area (Å²) in [5.41, 5.74) is 0. The third-order valence-corrected chi connectivity index (χ3v) is 4.16. The van der Waals surface area contributed by atoms with Crippen LogP contribution in [-0.2, 0) is 4.79 Å². The molecule has 0 aliphatic carbocycles. The molecule has 1 N–H and O–H groups in total. The number of nitrogens with one attached hydrogen (secondary N) is 1. The Labute approximate surface area is 137 Å².